The van der Waals surface area contributed by atoms with Crippen LogP contribution in [0.5, 0.6) is 0 Å². The summed E-state index contributed by atoms with van der Waals surface area (Å²) in [5, 5.41) is 11.3. The molecule has 1 aliphatic carbocycles. The van der Waals surface area contributed by atoms with E-state index in [1.54, 1.807) is 0 Å². The van der Waals surface area contributed by atoms with Gasteiger partial charge in [-0.05, 0) is 85.3 Å². The molecule has 358 valence electrons. The van der Waals surface area contributed by atoms with Crippen molar-refractivity contribution >= 4 is 169 Å². The lowest BCUT2D eigenvalue weighted by Gasteiger charge is -2.55. The van der Waals surface area contributed by atoms with E-state index >= 15 is 0 Å². The van der Waals surface area contributed by atoms with E-state index in [-0.39, 0.29) is 0 Å². The van der Waals surface area contributed by atoms with Crippen molar-refractivity contribution in [2.45, 2.75) is 18.9 Å². The molecule has 0 bridgehead atoms. The lowest BCUT2D eigenvalue weighted by molar-refractivity contribution is 0.515. The minimum absolute atomic E-state index is 0.535. The van der Waals surface area contributed by atoms with Crippen molar-refractivity contribution in [3.63, 3.8) is 0 Å². The van der Waals surface area contributed by atoms with E-state index in [1.165, 1.54) is 122 Å². The third kappa shape index (κ3) is 5.77. The van der Waals surface area contributed by atoms with Gasteiger partial charge in [0, 0.05) is 73.9 Å². The number of rotatable bonds is 4. The molecule has 5 heterocycles. The second-order valence-electron chi connectivity index (χ2n) is 20.5. The summed E-state index contributed by atoms with van der Waals surface area (Å²) in [6, 6.07) is 86.1. The van der Waals surface area contributed by atoms with Crippen LogP contribution in [-0.2, 0) is 6.42 Å². The molecule has 0 saturated carbocycles. The summed E-state index contributed by atoms with van der Waals surface area (Å²) < 4.78 is 6.53. The average Bonchev–Trinajstić information content (AvgIpc) is 4.30. The van der Waals surface area contributed by atoms with Gasteiger partial charge < -0.3 is 19.6 Å². The van der Waals surface area contributed by atoms with E-state index in [9.17, 15) is 0 Å². The molecule has 3 aliphatic rings. The first-order valence-electron chi connectivity index (χ1n) is 26.0. The first kappa shape index (κ1) is 42.6. The quantitative estimate of drug-likeness (QED) is 0.163. The second kappa shape index (κ2) is 15.9. The molecule has 0 saturated heterocycles. The number of para-hydroxylation sites is 6. The van der Waals surface area contributed by atoms with Crippen molar-refractivity contribution in [1.82, 2.24) is 0 Å². The van der Waals surface area contributed by atoms with Crippen LogP contribution in [-0.4, -0.2) is 5.54 Å². The Morgan fingerprint density at radius 2 is 0.684 bits per heavy atom. The van der Waals surface area contributed by atoms with Crippen LogP contribution in [0.4, 0.5) is 56.9 Å². The van der Waals surface area contributed by atoms with Crippen LogP contribution in [0.25, 0.3) is 78.1 Å². The fourth-order valence-electron chi connectivity index (χ4n) is 13.3. The standard InChI is InChI=1S/C69H44N4S3/c1-69-41-63-51(44-22-8-15-37-60(44)74-63)40-64(69)71(59-36-19-28-50-43-21-7-17-39-62(43)76-68(50)59)56-33-13-14-34-57(56)73(69)66-47-25-4-2-23-45(47)65(46-24-3-5-26-48(46)66)72-54-31-11-9-29-52(54)70(53-30-10-12-32-55(53)72)58-35-18-27-49-42-20-6-16-38-61(42)75-67(49)58/h2-40H,41H2,1H3. The lowest BCUT2D eigenvalue weighted by Crippen LogP contribution is -2.55. The maximum absolute atomic E-state index is 2.75. The molecule has 0 radical (unpaired) electrons. The summed E-state index contributed by atoms with van der Waals surface area (Å²) in [6.07, 6.45) is 3.39. The van der Waals surface area contributed by atoms with Crippen LogP contribution < -0.4 is 19.6 Å². The van der Waals surface area contributed by atoms with Crippen LogP contribution in [0.3, 0.4) is 0 Å². The van der Waals surface area contributed by atoms with Crippen molar-refractivity contribution in [3.8, 4) is 0 Å². The Morgan fingerprint density at radius 3 is 1.21 bits per heavy atom. The Morgan fingerprint density at radius 1 is 0.316 bits per heavy atom. The van der Waals surface area contributed by atoms with Gasteiger partial charge in [-0.1, -0.05) is 164 Å². The third-order valence-corrected chi connectivity index (χ3v) is 20.0. The second-order valence-corrected chi connectivity index (χ2v) is 23.8. The fraction of sp³-hybridized carbons (Fsp3) is 0.0435. The maximum atomic E-state index is 2.75. The predicted molar refractivity (Wildman–Crippen MR) is 329 cm³/mol. The van der Waals surface area contributed by atoms with E-state index in [4.69, 9.17) is 0 Å². The summed E-state index contributed by atoms with van der Waals surface area (Å²) >= 11 is 5.74. The average molecular weight is 1030 g/mol. The Bertz CT molecular complexity index is 4720. The maximum Gasteiger partial charge on any atom is 0.0877 e. The Hall–Kier alpha value is -8.72. The van der Waals surface area contributed by atoms with E-state index in [1.807, 2.05) is 34.0 Å². The zero-order chi connectivity index (χ0) is 49.8. The topological polar surface area (TPSA) is 13.0 Å². The molecule has 0 spiro atoms. The monoisotopic (exact) mass is 1020 g/mol. The Balaban J connectivity index is 0.932. The molecule has 0 amide bonds. The number of nitrogens with zero attached hydrogens (tertiary/aromatic N) is 4. The van der Waals surface area contributed by atoms with E-state index in [0.717, 1.165) is 29.2 Å². The first-order valence-corrected chi connectivity index (χ1v) is 28.5. The highest BCUT2D eigenvalue weighted by Gasteiger charge is 2.50. The van der Waals surface area contributed by atoms with Crippen LogP contribution in [0.1, 0.15) is 17.4 Å². The molecule has 1 unspecified atom stereocenters. The van der Waals surface area contributed by atoms with Gasteiger partial charge in [0.2, 0.25) is 0 Å². The molecular weight excluding hydrogens is 981 g/mol. The van der Waals surface area contributed by atoms with Crippen molar-refractivity contribution in [1.29, 1.82) is 0 Å². The third-order valence-electron chi connectivity index (χ3n) is 16.4. The summed E-state index contributed by atoms with van der Waals surface area (Å²) in [5.41, 5.74) is 13.8. The summed E-state index contributed by atoms with van der Waals surface area (Å²) in [5.74, 6) is 0. The summed E-state index contributed by atoms with van der Waals surface area (Å²) in [6.45, 7) is 2.51. The van der Waals surface area contributed by atoms with Crippen LogP contribution in [0, 0.1) is 0 Å². The molecular formula is C69H44N4S3. The van der Waals surface area contributed by atoms with Crippen LogP contribution in [0.2, 0.25) is 0 Å². The van der Waals surface area contributed by atoms with Gasteiger partial charge in [-0.15, -0.1) is 34.0 Å². The largest absolute Gasteiger partial charge is 0.327 e. The number of fused-ring (bicyclic) bond motifs is 15. The number of hydrogen-bond donors (Lipinski definition) is 0. The number of benzene rings is 11. The molecule has 4 nitrogen and oxygen atoms in total. The zero-order valence-electron chi connectivity index (χ0n) is 41.2. The number of anilines is 10. The van der Waals surface area contributed by atoms with E-state index < -0.39 is 5.54 Å². The molecule has 7 heteroatoms. The van der Waals surface area contributed by atoms with Gasteiger partial charge in [-0.3, -0.25) is 0 Å². The minimum atomic E-state index is -0.535. The minimum Gasteiger partial charge on any atom is -0.327 e. The van der Waals surface area contributed by atoms with Gasteiger partial charge in [-0.2, -0.15) is 0 Å². The summed E-state index contributed by atoms with van der Waals surface area (Å²) in [4.78, 5) is 11.9. The number of hydrogen-bond acceptors (Lipinski definition) is 7. The first-order chi connectivity index (χ1) is 37.6. The fourth-order valence-corrected chi connectivity index (χ4v) is 17.0. The molecule has 2 aliphatic heterocycles. The van der Waals surface area contributed by atoms with Crippen molar-refractivity contribution in [3.05, 3.63) is 247 Å². The lowest BCUT2D eigenvalue weighted by atomic mass is 9.78. The molecule has 17 rings (SSSR count). The van der Waals surface area contributed by atoms with E-state index in [2.05, 4.69) is 263 Å². The van der Waals surface area contributed by atoms with Gasteiger partial charge in [0.25, 0.3) is 0 Å². The molecule has 1 atom stereocenters. The zero-order valence-corrected chi connectivity index (χ0v) is 43.7. The Kier molecular flexibility index (Phi) is 8.92. The predicted octanol–water partition coefficient (Wildman–Crippen LogP) is 20.8. The molecule has 0 fully saturated rings. The molecule has 14 aromatic rings. The smallest absolute Gasteiger partial charge is 0.0877 e. The van der Waals surface area contributed by atoms with E-state index in [0.29, 0.717) is 0 Å². The molecule has 76 heavy (non-hydrogen) atoms. The highest BCUT2D eigenvalue weighted by Crippen LogP contribution is 2.63. The van der Waals surface area contributed by atoms with Crippen LogP contribution >= 0.6 is 34.0 Å². The highest BCUT2D eigenvalue weighted by molar-refractivity contribution is 7.27. The van der Waals surface area contributed by atoms with Gasteiger partial charge in [0.15, 0.2) is 0 Å². The highest BCUT2D eigenvalue weighted by atomic mass is 32.1. The Labute approximate surface area is 451 Å². The molecule has 3 aromatic heterocycles. The van der Waals surface area contributed by atoms with Crippen molar-refractivity contribution < 1.29 is 0 Å². The normalized spacial score (nSPS) is 15.9. The summed E-state index contributed by atoms with van der Waals surface area (Å²) in [7, 11) is 0. The van der Waals surface area contributed by atoms with Gasteiger partial charge in [-0.25, -0.2) is 0 Å². The molecule has 11 aromatic carbocycles. The van der Waals surface area contributed by atoms with Crippen molar-refractivity contribution in [2.75, 3.05) is 19.6 Å². The van der Waals surface area contributed by atoms with Crippen LogP contribution in [0.15, 0.2) is 236 Å². The van der Waals surface area contributed by atoms with Gasteiger partial charge in [0.05, 0.1) is 77.5 Å². The van der Waals surface area contributed by atoms with Gasteiger partial charge >= 0.3 is 0 Å². The van der Waals surface area contributed by atoms with Crippen molar-refractivity contribution in [2.24, 2.45) is 0 Å². The SMILES string of the molecule is CC12Cc3sc4ccccc4c3C=C1N(c1cccc3c1sc1ccccc13)c1ccccc1N2c1c2ccccc2c(N2c3ccccc3N(c3cccc4c3sc3ccccc34)c3ccccc32)c2ccccc12. The number of thiophene rings is 3. The molecule has 0 N–H and O–H groups in total. The van der Waals surface area contributed by atoms with Gasteiger partial charge in [0.1, 0.15) is 0 Å².